The lowest BCUT2D eigenvalue weighted by Crippen LogP contribution is -2.46. The van der Waals surface area contributed by atoms with Crippen molar-refractivity contribution >= 4 is 11.6 Å². The van der Waals surface area contributed by atoms with Crippen molar-refractivity contribution in [2.75, 3.05) is 13.1 Å². The SMILES string of the molecule is Cc1[nH]nc(C(=O)N2CC(C)OC(c3ccccc3)C2)c1[N+](=O)[O-]. The molecule has 0 saturated carbocycles. The summed E-state index contributed by atoms with van der Waals surface area (Å²) in [5.41, 5.74) is 0.813. The van der Waals surface area contributed by atoms with Gasteiger partial charge in [0, 0.05) is 6.54 Å². The minimum absolute atomic E-state index is 0.154. The number of aryl methyl sites for hydroxylation is 1. The number of morpholine rings is 1. The summed E-state index contributed by atoms with van der Waals surface area (Å²) in [6.07, 6.45) is -0.440. The quantitative estimate of drug-likeness (QED) is 0.687. The Hall–Kier alpha value is -2.74. The molecule has 1 aromatic carbocycles. The van der Waals surface area contributed by atoms with Crippen molar-refractivity contribution in [1.82, 2.24) is 15.1 Å². The van der Waals surface area contributed by atoms with E-state index in [9.17, 15) is 14.9 Å². The molecular weight excluding hydrogens is 312 g/mol. The average molecular weight is 330 g/mol. The Kier molecular flexibility index (Phi) is 4.30. The number of amides is 1. The maximum absolute atomic E-state index is 12.7. The van der Waals surface area contributed by atoms with E-state index in [2.05, 4.69) is 10.2 Å². The van der Waals surface area contributed by atoms with Crippen molar-refractivity contribution in [1.29, 1.82) is 0 Å². The molecule has 0 radical (unpaired) electrons. The highest BCUT2D eigenvalue weighted by Gasteiger charge is 2.35. The maximum atomic E-state index is 12.7. The third kappa shape index (κ3) is 3.00. The van der Waals surface area contributed by atoms with Gasteiger partial charge in [0.1, 0.15) is 11.8 Å². The summed E-state index contributed by atoms with van der Waals surface area (Å²) < 4.78 is 5.92. The fourth-order valence-electron chi connectivity index (χ4n) is 2.91. The lowest BCUT2D eigenvalue weighted by Gasteiger charge is -2.36. The van der Waals surface area contributed by atoms with E-state index in [1.54, 1.807) is 4.90 Å². The molecular formula is C16H18N4O4. The number of hydrogen-bond donors (Lipinski definition) is 1. The molecule has 0 aliphatic carbocycles. The topological polar surface area (TPSA) is 101 Å². The van der Waals surface area contributed by atoms with E-state index < -0.39 is 10.8 Å². The van der Waals surface area contributed by atoms with Crippen molar-refractivity contribution in [3.63, 3.8) is 0 Å². The van der Waals surface area contributed by atoms with Gasteiger partial charge in [-0.15, -0.1) is 0 Å². The molecule has 2 aromatic rings. The fourth-order valence-corrected chi connectivity index (χ4v) is 2.91. The van der Waals surface area contributed by atoms with Gasteiger partial charge < -0.3 is 9.64 Å². The van der Waals surface area contributed by atoms with Crippen LogP contribution >= 0.6 is 0 Å². The number of nitrogens with zero attached hydrogens (tertiary/aromatic N) is 3. The molecule has 24 heavy (non-hydrogen) atoms. The first-order valence-electron chi connectivity index (χ1n) is 7.66. The van der Waals surface area contributed by atoms with Gasteiger partial charge in [-0.25, -0.2) is 0 Å². The number of aromatic nitrogens is 2. The van der Waals surface area contributed by atoms with Gasteiger partial charge in [0.15, 0.2) is 0 Å². The highest BCUT2D eigenvalue weighted by atomic mass is 16.6. The van der Waals surface area contributed by atoms with Crippen LogP contribution in [0.4, 0.5) is 5.69 Å². The summed E-state index contributed by atoms with van der Waals surface area (Å²) in [5.74, 6) is -0.456. The number of hydrogen-bond acceptors (Lipinski definition) is 5. The maximum Gasteiger partial charge on any atom is 0.322 e. The summed E-state index contributed by atoms with van der Waals surface area (Å²) in [4.78, 5) is 24.9. The zero-order chi connectivity index (χ0) is 17.3. The van der Waals surface area contributed by atoms with E-state index in [4.69, 9.17) is 4.74 Å². The normalized spacial score (nSPS) is 20.8. The minimum atomic E-state index is -0.579. The van der Waals surface area contributed by atoms with Crippen molar-refractivity contribution < 1.29 is 14.5 Å². The largest absolute Gasteiger partial charge is 0.367 e. The predicted octanol–water partition coefficient (Wildman–Crippen LogP) is 2.23. The Labute approximate surface area is 138 Å². The number of benzene rings is 1. The molecule has 1 aromatic heterocycles. The van der Waals surface area contributed by atoms with E-state index in [1.807, 2.05) is 37.3 Å². The first kappa shape index (κ1) is 16.1. The minimum Gasteiger partial charge on any atom is -0.367 e. The van der Waals surface area contributed by atoms with Gasteiger partial charge in [0.25, 0.3) is 5.91 Å². The standard InChI is InChI=1S/C16H18N4O4/c1-10-8-19(9-13(24-10)12-6-4-3-5-7-12)16(21)14-15(20(22)23)11(2)17-18-14/h3-7,10,13H,8-9H2,1-2H3,(H,17,18). The van der Waals surface area contributed by atoms with Crippen LogP contribution in [0.25, 0.3) is 0 Å². The van der Waals surface area contributed by atoms with Gasteiger partial charge >= 0.3 is 5.69 Å². The highest BCUT2D eigenvalue weighted by Crippen LogP contribution is 2.28. The molecule has 8 heteroatoms. The Balaban J connectivity index is 1.86. The van der Waals surface area contributed by atoms with Gasteiger partial charge in [-0.1, -0.05) is 30.3 Å². The second-order valence-corrected chi connectivity index (χ2v) is 5.86. The van der Waals surface area contributed by atoms with Crippen LogP contribution < -0.4 is 0 Å². The van der Waals surface area contributed by atoms with Gasteiger partial charge in [-0.2, -0.15) is 5.10 Å². The summed E-state index contributed by atoms with van der Waals surface area (Å²) >= 11 is 0. The zero-order valence-corrected chi connectivity index (χ0v) is 13.4. The molecule has 1 aliphatic rings. The lowest BCUT2D eigenvalue weighted by atomic mass is 10.1. The number of aromatic amines is 1. The van der Waals surface area contributed by atoms with Crippen molar-refractivity contribution in [3.8, 4) is 0 Å². The van der Waals surface area contributed by atoms with Gasteiger partial charge in [-0.05, 0) is 19.4 Å². The summed E-state index contributed by atoms with van der Waals surface area (Å²) in [5, 5.41) is 17.5. The van der Waals surface area contributed by atoms with Crippen LogP contribution in [0.3, 0.4) is 0 Å². The van der Waals surface area contributed by atoms with Gasteiger partial charge in [-0.3, -0.25) is 20.0 Å². The second kappa shape index (κ2) is 6.40. The van der Waals surface area contributed by atoms with Gasteiger partial charge in [0.2, 0.25) is 5.69 Å². The molecule has 0 spiro atoms. The monoisotopic (exact) mass is 330 g/mol. The van der Waals surface area contributed by atoms with Crippen molar-refractivity contribution in [3.05, 3.63) is 57.4 Å². The third-order valence-electron chi connectivity index (χ3n) is 4.02. The average Bonchev–Trinajstić information content (AvgIpc) is 2.96. The fraction of sp³-hybridized carbons (Fsp3) is 0.375. The van der Waals surface area contributed by atoms with E-state index in [1.165, 1.54) is 6.92 Å². The Morgan fingerprint density at radius 3 is 2.75 bits per heavy atom. The van der Waals surface area contributed by atoms with Crippen LogP contribution in [-0.4, -0.2) is 45.1 Å². The number of carbonyl (C=O) groups excluding carboxylic acids is 1. The molecule has 1 N–H and O–H groups in total. The van der Waals surface area contributed by atoms with E-state index in [0.29, 0.717) is 13.1 Å². The van der Waals surface area contributed by atoms with E-state index in [-0.39, 0.29) is 29.3 Å². The van der Waals surface area contributed by atoms with Crippen molar-refractivity contribution in [2.24, 2.45) is 0 Å². The van der Waals surface area contributed by atoms with E-state index in [0.717, 1.165) is 5.56 Å². The van der Waals surface area contributed by atoms with Crippen LogP contribution in [0.2, 0.25) is 0 Å². The van der Waals surface area contributed by atoms with Crippen LogP contribution in [0.1, 0.15) is 34.8 Å². The number of rotatable bonds is 3. The first-order chi connectivity index (χ1) is 11.5. The van der Waals surface area contributed by atoms with Crippen LogP contribution in [0, 0.1) is 17.0 Å². The van der Waals surface area contributed by atoms with Crippen LogP contribution in [-0.2, 0) is 4.74 Å². The smallest absolute Gasteiger partial charge is 0.322 e. The molecule has 2 unspecified atom stereocenters. The lowest BCUT2D eigenvalue weighted by molar-refractivity contribution is -0.385. The molecule has 126 valence electrons. The highest BCUT2D eigenvalue weighted by molar-refractivity contribution is 5.96. The molecule has 1 amide bonds. The third-order valence-corrected chi connectivity index (χ3v) is 4.02. The second-order valence-electron chi connectivity index (χ2n) is 5.86. The predicted molar refractivity (Wildman–Crippen MR) is 85.6 cm³/mol. The summed E-state index contributed by atoms with van der Waals surface area (Å²) in [6, 6.07) is 9.60. The molecule has 1 fully saturated rings. The zero-order valence-electron chi connectivity index (χ0n) is 13.4. The van der Waals surface area contributed by atoms with Gasteiger partial charge in [0.05, 0.1) is 17.6 Å². The summed E-state index contributed by atoms with van der Waals surface area (Å²) in [6.45, 7) is 4.09. The molecule has 0 bridgehead atoms. The molecule has 8 nitrogen and oxygen atoms in total. The van der Waals surface area contributed by atoms with Crippen LogP contribution in [0.5, 0.6) is 0 Å². The van der Waals surface area contributed by atoms with Crippen LogP contribution in [0.15, 0.2) is 30.3 Å². The molecule has 2 atom stereocenters. The summed E-state index contributed by atoms with van der Waals surface area (Å²) in [7, 11) is 0. The number of nitro groups is 1. The molecule has 1 aliphatic heterocycles. The number of nitrogens with one attached hydrogen (secondary N) is 1. The molecule has 2 heterocycles. The number of H-pyrrole nitrogens is 1. The molecule has 3 rings (SSSR count). The van der Waals surface area contributed by atoms with Crippen molar-refractivity contribution in [2.45, 2.75) is 26.1 Å². The van der Waals surface area contributed by atoms with E-state index >= 15 is 0 Å². The number of carbonyl (C=O) groups is 1. The Morgan fingerprint density at radius 1 is 1.38 bits per heavy atom. The first-order valence-corrected chi connectivity index (χ1v) is 7.66. The Morgan fingerprint density at radius 2 is 2.08 bits per heavy atom. The number of ether oxygens (including phenoxy) is 1. The Bertz CT molecular complexity index is 759. The molecule has 1 saturated heterocycles.